The van der Waals surface area contributed by atoms with Crippen LogP contribution in [0.15, 0.2) is 42.9 Å². The molecule has 0 aliphatic carbocycles. The number of imidazole rings is 1. The van der Waals surface area contributed by atoms with Gasteiger partial charge in [0.2, 0.25) is 0 Å². The van der Waals surface area contributed by atoms with E-state index in [4.69, 9.17) is 4.74 Å². The van der Waals surface area contributed by atoms with E-state index in [-0.39, 0.29) is 12.1 Å². The van der Waals surface area contributed by atoms with E-state index in [1.807, 2.05) is 61.8 Å². The van der Waals surface area contributed by atoms with E-state index in [0.717, 1.165) is 23.2 Å². The van der Waals surface area contributed by atoms with Crippen LogP contribution < -0.4 is 10.1 Å². The first-order valence-electron chi connectivity index (χ1n) is 10.5. The third-order valence-electron chi connectivity index (χ3n) is 5.30. The lowest BCUT2D eigenvalue weighted by Crippen LogP contribution is -2.45. The van der Waals surface area contributed by atoms with E-state index in [1.165, 1.54) is 0 Å². The highest BCUT2D eigenvalue weighted by atomic mass is 16.5. The number of nitrogens with one attached hydrogen (secondary N) is 1. The number of ether oxygens (including phenoxy) is 1. The summed E-state index contributed by atoms with van der Waals surface area (Å²) in [6.45, 7) is 6.43. The number of nitrogens with zero attached hydrogens (tertiary/aromatic N) is 5. The summed E-state index contributed by atoms with van der Waals surface area (Å²) >= 11 is 0. The predicted octanol–water partition coefficient (Wildman–Crippen LogP) is 4.19. The number of aromatic nitrogens is 3. The molecule has 3 aromatic rings. The predicted molar refractivity (Wildman–Crippen MR) is 119 cm³/mol. The van der Waals surface area contributed by atoms with Gasteiger partial charge in [-0.3, -0.25) is 0 Å². The largest absolute Gasteiger partial charge is 0.478 e. The second-order valence-corrected chi connectivity index (χ2v) is 7.30. The molecule has 0 fully saturated rings. The van der Waals surface area contributed by atoms with E-state index >= 15 is 0 Å². The lowest BCUT2D eigenvalue weighted by molar-refractivity contribution is 0.180. The number of hydrogen-bond acceptors (Lipinski definition) is 5. The average Bonchev–Trinajstić information content (AvgIpc) is 3.27. The van der Waals surface area contributed by atoms with Crippen LogP contribution in [-0.4, -0.2) is 45.0 Å². The van der Waals surface area contributed by atoms with Crippen LogP contribution in [0.2, 0.25) is 0 Å². The zero-order chi connectivity index (χ0) is 22.4. The summed E-state index contributed by atoms with van der Waals surface area (Å²) in [5, 5.41) is 12.1. The molecule has 2 atom stereocenters. The van der Waals surface area contributed by atoms with Gasteiger partial charge in [-0.25, -0.2) is 14.8 Å². The zero-order valence-electron chi connectivity index (χ0n) is 18.4. The summed E-state index contributed by atoms with van der Waals surface area (Å²) in [6.07, 6.45) is 6.92. The molecule has 2 aromatic heterocycles. The Morgan fingerprint density at radius 3 is 2.87 bits per heavy atom. The summed E-state index contributed by atoms with van der Waals surface area (Å²) < 4.78 is 7.27. The minimum Gasteiger partial charge on any atom is -0.478 e. The third kappa shape index (κ3) is 4.77. The van der Waals surface area contributed by atoms with Gasteiger partial charge < -0.3 is 19.4 Å². The third-order valence-corrected chi connectivity index (χ3v) is 5.30. The van der Waals surface area contributed by atoms with Crippen molar-refractivity contribution in [3.8, 4) is 23.2 Å². The maximum Gasteiger partial charge on any atom is 0.318 e. The van der Waals surface area contributed by atoms with E-state index in [2.05, 4.69) is 21.4 Å². The molecule has 8 nitrogen and oxygen atoms in total. The molecule has 3 rings (SSSR count). The van der Waals surface area contributed by atoms with E-state index in [9.17, 15) is 10.1 Å². The van der Waals surface area contributed by atoms with Crippen molar-refractivity contribution in [2.24, 2.45) is 0 Å². The molecule has 0 radical (unpaired) electrons. The van der Waals surface area contributed by atoms with Gasteiger partial charge in [-0.1, -0.05) is 31.5 Å². The Morgan fingerprint density at radius 2 is 2.19 bits per heavy atom. The molecular formula is C23H28N6O2. The fraction of sp³-hybridized carbons (Fsp3) is 0.391. The number of methoxy groups -OCH3 is 1. The Hall–Kier alpha value is -3.60. The van der Waals surface area contributed by atoms with Crippen LogP contribution in [0.4, 0.5) is 4.79 Å². The van der Waals surface area contributed by atoms with Crippen LogP contribution in [0.1, 0.15) is 45.2 Å². The maximum absolute atomic E-state index is 12.8. The number of fused-ring (bicyclic) bond motifs is 1. The summed E-state index contributed by atoms with van der Waals surface area (Å²) in [5.74, 6) is 0.453. The molecule has 0 saturated heterocycles. The van der Waals surface area contributed by atoms with Crippen molar-refractivity contribution in [1.82, 2.24) is 24.6 Å². The Kier molecular flexibility index (Phi) is 7.08. The first kappa shape index (κ1) is 22.1. The second kappa shape index (κ2) is 9.94. The topological polar surface area (TPSA) is 95.6 Å². The smallest absolute Gasteiger partial charge is 0.318 e. The first-order valence-corrected chi connectivity index (χ1v) is 10.5. The minimum absolute atomic E-state index is 0.176. The van der Waals surface area contributed by atoms with Crippen molar-refractivity contribution in [3.63, 3.8) is 0 Å². The van der Waals surface area contributed by atoms with Gasteiger partial charge >= 0.3 is 6.03 Å². The molecule has 1 N–H and O–H groups in total. The molecule has 1 aromatic carbocycles. The molecular weight excluding hydrogens is 392 g/mol. The first-order chi connectivity index (χ1) is 15.0. The summed E-state index contributed by atoms with van der Waals surface area (Å²) in [4.78, 5) is 23.4. The van der Waals surface area contributed by atoms with Gasteiger partial charge in [-0.2, -0.15) is 5.26 Å². The van der Waals surface area contributed by atoms with Crippen LogP contribution in [0, 0.1) is 11.3 Å². The molecule has 2 amide bonds. The molecule has 8 heteroatoms. The molecule has 162 valence electrons. The number of carbonyl (C=O) groups excluding carboxylic acids is 1. The highest BCUT2D eigenvalue weighted by Gasteiger charge is 2.22. The average molecular weight is 421 g/mol. The molecule has 0 bridgehead atoms. The molecule has 0 spiro atoms. The van der Waals surface area contributed by atoms with Crippen molar-refractivity contribution in [1.29, 1.82) is 5.26 Å². The highest BCUT2D eigenvalue weighted by molar-refractivity contribution is 5.75. The van der Waals surface area contributed by atoms with Crippen molar-refractivity contribution in [2.75, 3.05) is 13.7 Å². The standard InChI is InChI=1S/C23H28N6O2/c1-5-8-19(14-24)26-23(30)29(6-2)16(3)17-9-7-10-18(13-17)20-15-28-12-11-25-21(28)22(27-20)31-4/h7,9-13,15-16,19H,5-6,8H2,1-4H3,(H,26,30). The Balaban J connectivity index is 1.88. The van der Waals surface area contributed by atoms with Crippen molar-refractivity contribution in [2.45, 2.75) is 45.7 Å². The van der Waals surface area contributed by atoms with Crippen LogP contribution >= 0.6 is 0 Å². The molecule has 2 unspecified atom stereocenters. The van der Waals surface area contributed by atoms with Crippen LogP contribution in [0.25, 0.3) is 16.9 Å². The summed E-state index contributed by atoms with van der Waals surface area (Å²) in [6, 6.07) is 9.21. The van der Waals surface area contributed by atoms with Crippen molar-refractivity contribution in [3.05, 3.63) is 48.4 Å². The molecule has 31 heavy (non-hydrogen) atoms. The Bertz CT molecular complexity index is 1090. The molecule has 2 heterocycles. The number of benzene rings is 1. The van der Waals surface area contributed by atoms with Gasteiger partial charge in [0.25, 0.3) is 5.88 Å². The lowest BCUT2D eigenvalue weighted by atomic mass is 10.0. The second-order valence-electron chi connectivity index (χ2n) is 7.30. The Morgan fingerprint density at radius 1 is 1.39 bits per heavy atom. The fourth-order valence-corrected chi connectivity index (χ4v) is 3.60. The van der Waals surface area contributed by atoms with Crippen LogP contribution in [0.3, 0.4) is 0 Å². The van der Waals surface area contributed by atoms with Gasteiger partial charge in [0, 0.05) is 30.7 Å². The van der Waals surface area contributed by atoms with Gasteiger partial charge in [0.05, 0.1) is 24.9 Å². The quantitative estimate of drug-likeness (QED) is 0.589. The fourth-order valence-electron chi connectivity index (χ4n) is 3.60. The summed E-state index contributed by atoms with van der Waals surface area (Å²) in [5.41, 5.74) is 3.29. The van der Waals surface area contributed by atoms with Gasteiger partial charge in [0.1, 0.15) is 6.04 Å². The number of hydrogen-bond donors (Lipinski definition) is 1. The zero-order valence-corrected chi connectivity index (χ0v) is 18.4. The number of rotatable bonds is 8. The van der Waals surface area contributed by atoms with Gasteiger partial charge in [-0.05, 0) is 31.9 Å². The van der Waals surface area contributed by atoms with Gasteiger partial charge in [0.15, 0.2) is 5.65 Å². The normalized spacial score (nSPS) is 12.7. The van der Waals surface area contributed by atoms with E-state index in [0.29, 0.717) is 24.5 Å². The minimum atomic E-state index is -0.483. The monoisotopic (exact) mass is 420 g/mol. The Labute approximate surface area is 182 Å². The number of carbonyl (C=O) groups is 1. The summed E-state index contributed by atoms with van der Waals surface area (Å²) in [7, 11) is 1.57. The number of nitriles is 1. The lowest BCUT2D eigenvalue weighted by Gasteiger charge is -2.29. The SMILES string of the molecule is CCCC(C#N)NC(=O)N(CC)C(C)c1cccc(-c2cn3ccnc3c(OC)n2)c1. The maximum atomic E-state index is 12.8. The van der Waals surface area contributed by atoms with Crippen LogP contribution in [-0.2, 0) is 0 Å². The molecule has 0 aliphatic rings. The highest BCUT2D eigenvalue weighted by Crippen LogP contribution is 2.27. The number of amides is 2. The van der Waals surface area contributed by atoms with E-state index in [1.54, 1.807) is 18.2 Å². The molecule has 0 saturated carbocycles. The van der Waals surface area contributed by atoms with Crippen LogP contribution in [0.5, 0.6) is 5.88 Å². The van der Waals surface area contributed by atoms with Crippen molar-refractivity contribution >= 4 is 11.7 Å². The van der Waals surface area contributed by atoms with Crippen molar-refractivity contribution < 1.29 is 9.53 Å². The molecule has 0 aliphatic heterocycles. The van der Waals surface area contributed by atoms with Gasteiger partial charge in [-0.15, -0.1) is 0 Å². The number of urea groups is 1. The van der Waals surface area contributed by atoms with E-state index < -0.39 is 6.04 Å².